The molecule has 0 amide bonds. The molecule has 2 heterocycles. The van der Waals surface area contributed by atoms with E-state index in [1.165, 1.54) is 18.6 Å². The number of nitrogens with zero attached hydrogens (tertiary/aromatic N) is 4. The number of benzene rings is 1. The van der Waals surface area contributed by atoms with Gasteiger partial charge in [0.15, 0.2) is 5.96 Å². The first-order chi connectivity index (χ1) is 12.0. The number of hydrogen-bond acceptors (Lipinski definition) is 2. The molecule has 2 aromatic rings. The van der Waals surface area contributed by atoms with Crippen molar-refractivity contribution in [3.8, 4) is 5.69 Å². The lowest BCUT2D eigenvalue weighted by Crippen LogP contribution is -2.41. The van der Waals surface area contributed by atoms with Gasteiger partial charge in [-0.05, 0) is 42.2 Å². The topological polar surface area (TPSA) is 45.5 Å². The van der Waals surface area contributed by atoms with Gasteiger partial charge in [0.05, 0.1) is 11.4 Å². The largest absolute Gasteiger partial charge is 0.356 e. The highest BCUT2D eigenvalue weighted by Gasteiger charge is 2.30. The van der Waals surface area contributed by atoms with Crippen LogP contribution in [0.1, 0.15) is 26.0 Å². The van der Waals surface area contributed by atoms with Crippen molar-refractivity contribution >= 4 is 5.96 Å². The Bertz CT molecular complexity index is 733. The molecule has 0 atom stereocenters. The summed E-state index contributed by atoms with van der Waals surface area (Å²) in [6, 6.07) is 8.33. The Labute approximate surface area is 148 Å². The molecule has 1 N–H and O–H groups in total. The van der Waals surface area contributed by atoms with E-state index in [2.05, 4.69) is 34.2 Å². The van der Waals surface area contributed by atoms with E-state index in [0.29, 0.717) is 5.41 Å². The van der Waals surface area contributed by atoms with E-state index in [0.717, 1.165) is 43.4 Å². The van der Waals surface area contributed by atoms with E-state index in [-0.39, 0.29) is 5.82 Å². The second-order valence-electron chi connectivity index (χ2n) is 7.29. The summed E-state index contributed by atoms with van der Waals surface area (Å²) in [5, 5.41) is 7.99. The molecule has 3 rings (SSSR count). The number of nitrogens with one attached hydrogen (secondary N) is 1. The summed E-state index contributed by atoms with van der Waals surface area (Å²) >= 11 is 0. The van der Waals surface area contributed by atoms with Gasteiger partial charge in [-0.15, -0.1) is 0 Å². The van der Waals surface area contributed by atoms with Crippen molar-refractivity contribution in [1.82, 2.24) is 20.0 Å². The molecule has 1 saturated heterocycles. The first-order valence-corrected chi connectivity index (χ1v) is 8.73. The van der Waals surface area contributed by atoms with Gasteiger partial charge >= 0.3 is 0 Å². The second kappa shape index (κ2) is 7.25. The first kappa shape index (κ1) is 17.5. The maximum Gasteiger partial charge on any atom is 0.193 e. The zero-order valence-electron chi connectivity index (χ0n) is 15.2. The molecule has 0 bridgehead atoms. The van der Waals surface area contributed by atoms with Crippen LogP contribution in [0.25, 0.3) is 5.69 Å². The molecule has 1 fully saturated rings. The predicted molar refractivity (Wildman–Crippen MR) is 98.6 cm³/mol. The van der Waals surface area contributed by atoms with Gasteiger partial charge in [0, 0.05) is 39.3 Å². The average Bonchev–Trinajstić information content (AvgIpc) is 3.19. The number of hydrogen-bond donors (Lipinski definition) is 1. The highest BCUT2D eigenvalue weighted by atomic mass is 19.1. The third-order valence-electron chi connectivity index (χ3n) is 4.59. The van der Waals surface area contributed by atoms with Crippen LogP contribution < -0.4 is 5.32 Å². The van der Waals surface area contributed by atoms with Crippen molar-refractivity contribution in [3.63, 3.8) is 0 Å². The fourth-order valence-electron chi connectivity index (χ4n) is 3.16. The fourth-order valence-corrected chi connectivity index (χ4v) is 3.16. The number of rotatable bonds is 4. The molecule has 1 aromatic carbocycles. The molecule has 0 spiro atoms. The average molecular weight is 343 g/mol. The van der Waals surface area contributed by atoms with E-state index < -0.39 is 0 Å². The van der Waals surface area contributed by atoms with Crippen LogP contribution in [0.3, 0.4) is 0 Å². The lowest BCUT2D eigenvalue weighted by Gasteiger charge is -2.23. The van der Waals surface area contributed by atoms with Gasteiger partial charge in [-0.25, -0.2) is 9.07 Å². The van der Waals surface area contributed by atoms with Crippen molar-refractivity contribution in [2.24, 2.45) is 10.4 Å². The zero-order chi connectivity index (χ0) is 17.9. The molecule has 0 saturated carbocycles. The summed E-state index contributed by atoms with van der Waals surface area (Å²) in [7, 11) is 1.83. The molecule has 0 radical (unpaired) electrons. The van der Waals surface area contributed by atoms with Gasteiger partial charge < -0.3 is 10.2 Å². The summed E-state index contributed by atoms with van der Waals surface area (Å²) in [5.41, 5.74) is 2.20. The molecule has 0 aliphatic carbocycles. The van der Waals surface area contributed by atoms with Crippen molar-refractivity contribution in [2.75, 3.05) is 26.7 Å². The third kappa shape index (κ3) is 4.38. The smallest absolute Gasteiger partial charge is 0.193 e. The number of guanidine groups is 1. The first-order valence-electron chi connectivity index (χ1n) is 8.73. The Hall–Kier alpha value is -2.37. The molecule has 0 unspecified atom stereocenters. The maximum atomic E-state index is 13.0. The normalized spacial score (nSPS) is 17.1. The van der Waals surface area contributed by atoms with Crippen molar-refractivity contribution < 1.29 is 4.39 Å². The lowest BCUT2D eigenvalue weighted by atomic mass is 9.93. The van der Waals surface area contributed by atoms with E-state index in [9.17, 15) is 4.39 Å². The summed E-state index contributed by atoms with van der Waals surface area (Å²) in [5.74, 6) is 0.723. The van der Waals surface area contributed by atoms with E-state index in [1.807, 2.05) is 19.3 Å². The maximum absolute atomic E-state index is 13.0. The standard InChI is InChI=1S/C19H26FN5/c1-19(2)10-13-24(14-19)18(21-3)22-11-8-16-9-12-25(23-16)17-6-4-15(20)5-7-17/h4-7,9,12H,8,10-11,13-14H2,1-3H3,(H,21,22). The Kier molecular flexibility index (Phi) is 5.06. The number of likely N-dealkylation sites (tertiary alicyclic amines) is 1. The summed E-state index contributed by atoms with van der Waals surface area (Å²) in [6.07, 6.45) is 3.90. The van der Waals surface area contributed by atoms with Gasteiger partial charge in [0.25, 0.3) is 0 Å². The minimum atomic E-state index is -0.239. The molecule has 6 heteroatoms. The van der Waals surface area contributed by atoms with Gasteiger partial charge in [-0.3, -0.25) is 4.99 Å². The van der Waals surface area contributed by atoms with Gasteiger partial charge in [0.1, 0.15) is 5.82 Å². The fraction of sp³-hybridized carbons (Fsp3) is 0.474. The number of halogens is 1. The number of aromatic nitrogens is 2. The summed E-state index contributed by atoms with van der Waals surface area (Å²) in [4.78, 5) is 6.71. The van der Waals surface area contributed by atoms with Crippen LogP contribution in [0, 0.1) is 11.2 Å². The molecule has 1 aliphatic rings. The monoisotopic (exact) mass is 343 g/mol. The van der Waals surface area contributed by atoms with Crippen LogP contribution in [0.15, 0.2) is 41.5 Å². The van der Waals surface area contributed by atoms with Crippen molar-refractivity contribution in [3.05, 3.63) is 48.0 Å². The molecular weight excluding hydrogens is 317 g/mol. The van der Waals surface area contributed by atoms with Crippen LogP contribution >= 0.6 is 0 Å². The van der Waals surface area contributed by atoms with Crippen LogP contribution in [0.5, 0.6) is 0 Å². The van der Waals surface area contributed by atoms with Gasteiger partial charge in [0.2, 0.25) is 0 Å². The van der Waals surface area contributed by atoms with Crippen LogP contribution in [0.2, 0.25) is 0 Å². The van der Waals surface area contributed by atoms with E-state index >= 15 is 0 Å². The molecule has 1 aromatic heterocycles. The zero-order valence-corrected chi connectivity index (χ0v) is 15.2. The van der Waals surface area contributed by atoms with Gasteiger partial charge in [-0.1, -0.05) is 13.8 Å². The summed E-state index contributed by atoms with van der Waals surface area (Å²) in [6.45, 7) is 7.45. The highest BCUT2D eigenvalue weighted by Crippen LogP contribution is 2.28. The Morgan fingerprint density at radius 1 is 1.28 bits per heavy atom. The Balaban J connectivity index is 1.53. The molecule has 25 heavy (non-hydrogen) atoms. The molecule has 1 aliphatic heterocycles. The minimum Gasteiger partial charge on any atom is -0.356 e. The van der Waals surface area contributed by atoms with E-state index in [1.54, 1.807) is 16.8 Å². The lowest BCUT2D eigenvalue weighted by molar-refractivity contribution is 0.370. The quantitative estimate of drug-likeness (QED) is 0.686. The van der Waals surface area contributed by atoms with E-state index in [4.69, 9.17) is 0 Å². The van der Waals surface area contributed by atoms with Crippen LogP contribution in [-0.2, 0) is 6.42 Å². The SMILES string of the molecule is CN=C(NCCc1ccn(-c2ccc(F)cc2)n1)N1CCC(C)(C)C1. The van der Waals surface area contributed by atoms with Gasteiger partial charge in [-0.2, -0.15) is 5.10 Å². The van der Waals surface area contributed by atoms with Crippen molar-refractivity contribution in [2.45, 2.75) is 26.7 Å². The molecule has 134 valence electrons. The third-order valence-corrected chi connectivity index (χ3v) is 4.59. The molecular formula is C19H26FN5. The Morgan fingerprint density at radius 2 is 2.04 bits per heavy atom. The van der Waals surface area contributed by atoms with Crippen molar-refractivity contribution in [1.29, 1.82) is 0 Å². The predicted octanol–water partition coefficient (Wildman–Crippen LogP) is 2.86. The summed E-state index contributed by atoms with van der Waals surface area (Å²) < 4.78 is 14.8. The van der Waals surface area contributed by atoms with Crippen LogP contribution in [0.4, 0.5) is 4.39 Å². The molecule has 5 nitrogen and oxygen atoms in total. The van der Waals surface area contributed by atoms with Crippen LogP contribution in [-0.4, -0.2) is 47.3 Å². The second-order valence-corrected chi connectivity index (χ2v) is 7.29. The minimum absolute atomic E-state index is 0.239. The Morgan fingerprint density at radius 3 is 2.68 bits per heavy atom. The number of aliphatic imine (C=N–C) groups is 1. The highest BCUT2D eigenvalue weighted by molar-refractivity contribution is 5.80.